The van der Waals surface area contributed by atoms with Crippen LogP contribution in [0.3, 0.4) is 0 Å². The summed E-state index contributed by atoms with van der Waals surface area (Å²) in [5.74, 6) is 1.62. The summed E-state index contributed by atoms with van der Waals surface area (Å²) < 4.78 is 11.6. The minimum Gasteiger partial charge on any atom is -0.504 e. The van der Waals surface area contributed by atoms with E-state index in [1.165, 1.54) is 0 Å². The lowest BCUT2D eigenvalue weighted by atomic mass is 10.1. The Kier molecular flexibility index (Phi) is 4.99. The van der Waals surface area contributed by atoms with E-state index in [1.807, 2.05) is 48.5 Å². The fourth-order valence-electron chi connectivity index (χ4n) is 3.54. The van der Waals surface area contributed by atoms with Gasteiger partial charge in [0.1, 0.15) is 11.9 Å². The van der Waals surface area contributed by atoms with Gasteiger partial charge in [0.05, 0.1) is 7.11 Å². The zero-order chi connectivity index (χ0) is 18.6. The van der Waals surface area contributed by atoms with Crippen molar-refractivity contribution in [1.82, 2.24) is 4.90 Å². The average molecular weight is 361 g/mol. The van der Waals surface area contributed by atoms with Crippen LogP contribution in [0, 0.1) is 0 Å². The molecule has 4 heteroatoms. The number of benzene rings is 3. The second-order valence-corrected chi connectivity index (χ2v) is 6.76. The van der Waals surface area contributed by atoms with E-state index >= 15 is 0 Å². The fraction of sp³-hybridized carbons (Fsp3) is 0.217. The molecule has 0 aromatic heterocycles. The lowest BCUT2D eigenvalue weighted by Gasteiger charge is -2.24. The van der Waals surface area contributed by atoms with Gasteiger partial charge in [-0.3, -0.25) is 4.90 Å². The minimum atomic E-state index is -0.0670. The lowest BCUT2D eigenvalue weighted by Crippen LogP contribution is -2.27. The van der Waals surface area contributed by atoms with Crippen molar-refractivity contribution < 1.29 is 14.6 Å². The second-order valence-electron chi connectivity index (χ2n) is 6.76. The summed E-state index contributed by atoms with van der Waals surface area (Å²) >= 11 is 0. The molecule has 4 nitrogen and oxygen atoms in total. The standard InChI is InChI=1S/C23H23NO3/c1-26-21-13-7-11-19(23(21)25)15-24-14-18-10-5-6-12-20(18)27-22(16-24)17-8-3-2-4-9-17/h2-13,22,25H,14-16H2,1H3. The number of phenolic OH excluding ortho intramolecular Hbond substituents is 1. The van der Waals surface area contributed by atoms with Gasteiger partial charge >= 0.3 is 0 Å². The van der Waals surface area contributed by atoms with Crippen molar-refractivity contribution in [2.45, 2.75) is 19.2 Å². The van der Waals surface area contributed by atoms with Crippen LogP contribution in [-0.4, -0.2) is 23.7 Å². The largest absolute Gasteiger partial charge is 0.504 e. The van der Waals surface area contributed by atoms with E-state index in [1.54, 1.807) is 13.2 Å². The van der Waals surface area contributed by atoms with E-state index in [0.717, 1.165) is 35.5 Å². The molecule has 1 aliphatic rings. The summed E-state index contributed by atoms with van der Waals surface area (Å²) in [6, 6.07) is 24.1. The highest BCUT2D eigenvalue weighted by Gasteiger charge is 2.25. The Morgan fingerprint density at radius 2 is 1.78 bits per heavy atom. The van der Waals surface area contributed by atoms with E-state index in [0.29, 0.717) is 12.3 Å². The van der Waals surface area contributed by atoms with E-state index in [4.69, 9.17) is 9.47 Å². The number of nitrogens with zero attached hydrogens (tertiary/aromatic N) is 1. The predicted octanol–water partition coefficient (Wildman–Crippen LogP) is 4.54. The Labute approximate surface area is 159 Å². The van der Waals surface area contributed by atoms with Gasteiger partial charge < -0.3 is 14.6 Å². The van der Waals surface area contributed by atoms with Crippen LogP contribution in [-0.2, 0) is 13.1 Å². The molecule has 0 bridgehead atoms. The van der Waals surface area contributed by atoms with Gasteiger partial charge in [-0.25, -0.2) is 0 Å². The molecule has 0 radical (unpaired) electrons. The second kappa shape index (κ2) is 7.72. The molecule has 0 fully saturated rings. The number of phenols is 1. The third-order valence-corrected chi connectivity index (χ3v) is 4.93. The van der Waals surface area contributed by atoms with E-state index in [2.05, 4.69) is 23.1 Å². The van der Waals surface area contributed by atoms with Crippen molar-refractivity contribution >= 4 is 0 Å². The maximum Gasteiger partial charge on any atom is 0.162 e. The summed E-state index contributed by atoms with van der Waals surface area (Å²) in [5, 5.41) is 10.5. The van der Waals surface area contributed by atoms with Gasteiger partial charge in [0.25, 0.3) is 0 Å². The molecule has 4 rings (SSSR count). The monoisotopic (exact) mass is 361 g/mol. The highest BCUT2D eigenvalue weighted by molar-refractivity contribution is 5.45. The smallest absolute Gasteiger partial charge is 0.162 e. The molecule has 27 heavy (non-hydrogen) atoms. The van der Waals surface area contributed by atoms with Crippen LogP contribution in [0.1, 0.15) is 22.8 Å². The number of rotatable bonds is 4. The Hall–Kier alpha value is -2.98. The molecular weight excluding hydrogens is 338 g/mol. The van der Waals surface area contributed by atoms with Crippen LogP contribution >= 0.6 is 0 Å². The van der Waals surface area contributed by atoms with Gasteiger partial charge in [0.15, 0.2) is 11.5 Å². The normalized spacial score (nSPS) is 16.9. The van der Waals surface area contributed by atoms with Crippen LogP contribution in [0.25, 0.3) is 0 Å². The first-order chi connectivity index (χ1) is 13.2. The first-order valence-corrected chi connectivity index (χ1v) is 9.11. The van der Waals surface area contributed by atoms with Crippen molar-refractivity contribution in [2.24, 2.45) is 0 Å². The highest BCUT2D eigenvalue weighted by Crippen LogP contribution is 2.34. The summed E-state index contributed by atoms with van der Waals surface area (Å²) in [7, 11) is 1.57. The predicted molar refractivity (Wildman–Crippen MR) is 105 cm³/mol. The number of hydrogen-bond acceptors (Lipinski definition) is 4. The zero-order valence-corrected chi connectivity index (χ0v) is 15.3. The SMILES string of the molecule is COc1cccc(CN2Cc3ccccc3OC(c3ccccc3)C2)c1O. The Bertz CT molecular complexity index is 911. The highest BCUT2D eigenvalue weighted by atomic mass is 16.5. The molecule has 0 aliphatic carbocycles. The molecule has 0 amide bonds. The molecular formula is C23H23NO3. The Morgan fingerprint density at radius 1 is 1.00 bits per heavy atom. The summed E-state index contributed by atoms with van der Waals surface area (Å²) in [6.07, 6.45) is -0.0670. The molecule has 1 heterocycles. The van der Waals surface area contributed by atoms with E-state index < -0.39 is 0 Å². The summed E-state index contributed by atoms with van der Waals surface area (Å²) in [5.41, 5.74) is 3.15. The number of fused-ring (bicyclic) bond motifs is 1. The molecule has 1 N–H and O–H groups in total. The van der Waals surface area contributed by atoms with Crippen LogP contribution in [0.15, 0.2) is 72.8 Å². The molecule has 138 valence electrons. The third-order valence-electron chi connectivity index (χ3n) is 4.93. The minimum absolute atomic E-state index is 0.0670. The zero-order valence-electron chi connectivity index (χ0n) is 15.3. The van der Waals surface area contributed by atoms with Crippen LogP contribution in [0.2, 0.25) is 0 Å². The fourth-order valence-corrected chi connectivity index (χ4v) is 3.54. The number of methoxy groups -OCH3 is 1. The number of aromatic hydroxyl groups is 1. The number of ether oxygens (including phenoxy) is 2. The van der Waals surface area contributed by atoms with Crippen LogP contribution < -0.4 is 9.47 Å². The maximum absolute atomic E-state index is 10.5. The third kappa shape index (κ3) is 3.76. The topological polar surface area (TPSA) is 41.9 Å². The van der Waals surface area contributed by atoms with Crippen molar-refractivity contribution in [2.75, 3.05) is 13.7 Å². The van der Waals surface area contributed by atoms with Crippen LogP contribution in [0.4, 0.5) is 0 Å². The lowest BCUT2D eigenvalue weighted by molar-refractivity contribution is 0.143. The van der Waals surface area contributed by atoms with Crippen molar-refractivity contribution in [3.8, 4) is 17.2 Å². The van der Waals surface area contributed by atoms with Gasteiger partial charge in [-0.15, -0.1) is 0 Å². The Morgan fingerprint density at radius 3 is 2.59 bits per heavy atom. The van der Waals surface area contributed by atoms with Gasteiger partial charge in [-0.1, -0.05) is 60.7 Å². The first kappa shape index (κ1) is 17.4. The van der Waals surface area contributed by atoms with Crippen molar-refractivity contribution in [3.63, 3.8) is 0 Å². The van der Waals surface area contributed by atoms with Gasteiger partial charge in [0, 0.05) is 30.8 Å². The Balaban J connectivity index is 1.66. The van der Waals surface area contributed by atoms with E-state index in [-0.39, 0.29) is 11.9 Å². The number of hydrogen-bond donors (Lipinski definition) is 1. The molecule has 1 atom stereocenters. The summed E-state index contributed by atoms with van der Waals surface area (Å²) in [6.45, 7) is 2.11. The van der Waals surface area contributed by atoms with E-state index in [9.17, 15) is 5.11 Å². The van der Waals surface area contributed by atoms with Gasteiger partial charge in [-0.2, -0.15) is 0 Å². The summed E-state index contributed by atoms with van der Waals surface area (Å²) in [4.78, 5) is 2.30. The van der Waals surface area contributed by atoms with Gasteiger partial charge in [-0.05, 0) is 17.7 Å². The maximum atomic E-state index is 10.5. The molecule has 0 saturated carbocycles. The number of para-hydroxylation sites is 2. The molecule has 3 aromatic rings. The molecule has 3 aromatic carbocycles. The molecule has 0 spiro atoms. The first-order valence-electron chi connectivity index (χ1n) is 9.11. The van der Waals surface area contributed by atoms with Crippen molar-refractivity contribution in [3.05, 3.63) is 89.5 Å². The van der Waals surface area contributed by atoms with Gasteiger partial charge in [0.2, 0.25) is 0 Å². The molecule has 1 aliphatic heterocycles. The average Bonchev–Trinajstić information content (AvgIpc) is 2.89. The molecule has 0 saturated heterocycles. The van der Waals surface area contributed by atoms with Crippen molar-refractivity contribution in [1.29, 1.82) is 0 Å². The molecule has 1 unspecified atom stereocenters. The quantitative estimate of drug-likeness (QED) is 0.741. The van der Waals surface area contributed by atoms with Crippen LogP contribution in [0.5, 0.6) is 17.2 Å².